The molecule has 0 N–H and O–H groups in total. The SMILES string of the molecule is CCCCOc1ccc(C(=O)N=c2sc3cc(Cl)ccc3n2CCC)cc1. The Balaban J connectivity index is 1.89. The van der Waals surface area contributed by atoms with Gasteiger partial charge in [-0.15, -0.1) is 0 Å². The molecule has 0 radical (unpaired) electrons. The van der Waals surface area contributed by atoms with Gasteiger partial charge in [-0.2, -0.15) is 4.99 Å². The second kappa shape index (κ2) is 9.20. The molecule has 27 heavy (non-hydrogen) atoms. The van der Waals surface area contributed by atoms with Gasteiger partial charge in [-0.05, 0) is 55.3 Å². The summed E-state index contributed by atoms with van der Waals surface area (Å²) in [6, 6.07) is 12.9. The van der Waals surface area contributed by atoms with Crippen LogP contribution in [0.3, 0.4) is 0 Å². The molecule has 0 spiro atoms. The average molecular weight is 403 g/mol. The Kier molecular flexibility index (Phi) is 6.69. The van der Waals surface area contributed by atoms with E-state index < -0.39 is 0 Å². The van der Waals surface area contributed by atoms with Crippen LogP contribution in [0, 0.1) is 0 Å². The molecule has 1 heterocycles. The molecule has 6 heteroatoms. The topological polar surface area (TPSA) is 43.6 Å². The van der Waals surface area contributed by atoms with Crippen LogP contribution in [-0.2, 0) is 6.54 Å². The summed E-state index contributed by atoms with van der Waals surface area (Å²) in [6.07, 6.45) is 3.07. The smallest absolute Gasteiger partial charge is 0.279 e. The number of rotatable bonds is 7. The highest BCUT2D eigenvalue weighted by Gasteiger charge is 2.09. The zero-order valence-corrected chi connectivity index (χ0v) is 17.1. The molecule has 3 aromatic rings. The van der Waals surface area contributed by atoms with Gasteiger partial charge in [-0.25, -0.2) is 0 Å². The summed E-state index contributed by atoms with van der Waals surface area (Å²) in [5.41, 5.74) is 1.61. The number of amides is 1. The molecular weight excluding hydrogens is 380 g/mol. The number of hydrogen-bond donors (Lipinski definition) is 0. The maximum Gasteiger partial charge on any atom is 0.279 e. The van der Waals surface area contributed by atoms with Crippen molar-refractivity contribution >= 4 is 39.1 Å². The third-order valence-electron chi connectivity index (χ3n) is 4.16. The van der Waals surface area contributed by atoms with Crippen molar-refractivity contribution in [3.05, 3.63) is 57.9 Å². The van der Waals surface area contributed by atoms with Gasteiger partial charge in [0.15, 0.2) is 4.80 Å². The van der Waals surface area contributed by atoms with Crippen LogP contribution in [0.4, 0.5) is 0 Å². The highest BCUT2D eigenvalue weighted by molar-refractivity contribution is 7.16. The maximum atomic E-state index is 12.6. The second-order valence-electron chi connectivity index (χ2n) is 6.29. The van der Waals surface area contributed by atoms with E-state index in [9.17, 15) is 4.79 Å². The molecule has 142 valence electrons. The van der Waals surface area contributed by atoms with Crippen LogP contribution in [0.1, 0.15) is 43.5 Å². The van der Waals surface area contributed by atoms with E-state index in [0.717, 1.165) is 41.8 Å². The van der Waals surface area contributed by atoms with Crippen LogP contribution in [0.5, 0.6) is 5.75 Å². The highest BCUT2D eigenvalue weighted by Crippen LogP contribution is 2.22. The molecule has 0 aliphatic heterocycles. The normalized spacial score (nSPS) is 11.9. The summed E-state index contributed by atoms with van der Waals surface area (Å²) in [7, 11) is 0. The van der Waals surface area contributed by atoms with Gasteiger partial charge >= 0.3 is 0 Å². The number of hydrogen-bond acceptors (Lipinski definition) is 3. The summed E-state index contributed by atoms with van der Waals surface area (Å²) < 4.78 is 8.75. The lowest BCUT2D eigenvalue weighted by atomic mass is 10.2. The van der Waals surface area contributed by atoms with Crippen molar-refractivity contribution < 1.29 is 9.53 Å². The van der Waals surface area contributed by atoms with Crippen LogP contribution < -0.4 is 9.54 Å². The van der Waals surface area contributed by atoms with Gasteiger partial charge < -0.3 is 9.30 Å². The number of benzene rings is 2. The Morgan fingerprint density at radius 3 is 2.63 bits per heavy atom. The summed E-state index contributed by atoms with van der Waals surface area (Å²) in [5, 5.41) is 0.684. The van der Waals surface area contributed by atoms with Crippen LogP contribution in [0.25, 0.3) is 10.2 Å². The monoisotopic (exact) mass is 402 g/mol. The van der Waals surface area contributed by atoms with Gasteiger partial charge in [-0.1, -0.05) is 43.2 Å². The average Bonchev–Trinajstić information content (AvgIpc) is 2.99. The zero-order chi connectivity index (χ0) is 19.2. The maximum absolute atomic E-state index is 12.6. The predicted molar refractivity (Wildman–Crippen MR) is 112 cm³/mol. The van der Waals surface area contributed by atoms with Crippen molar-refractivity contribution in [2.45, 2.75) is 39.7 Å². The van der Waals surface area contributed by atoms with Gasteiger partial charge in [0.1, 0.15) is 5.75 Å². The molecular formula is C21H23ClN2O2S. The van der Waals surface area contributed by atoms with E-state index in [-0.39, 0.29) is 5.91 Å². The first-order valence-electron chi connectivity index (χ1n) is 9.23. The van der Waals surface area contributed by atoms with E-state index in [1.54, 1.807) is 12.1 Å². The van der Waals surface area contributed by atoms with E-state index >= 15 is 0 Å². The van der Waals surface area contributed by atoms with Crippen LogP contribution in [0.15, 0.2) is 47.5 Å². The fourth-order valence-corrected chi connectivity index (χ4v) is 4.08. The Labute approximate surface area is 168 Å². The molecule has 0 fully saturated rings. The van der Waals surface area contributed by atoms with Crippen molar-refractivity contribution in [3.8, 4) is 5.75 Å². The van der Waals surface area contributed by atoms with Gasteiger partial charge in [-0.3, -0.25) is 4.79 Å². The minimum Gasteiger partial charge on any atom is -0.494 e. The number of ether oxygens (including phenoxy) is 1. The number of nitrogens with zero attached hydrogens (tertiary/aromatic N) is 2. The number of fused-ring (bicyclic) bond motifs is 1. The molecule has 2 aromatic carbocycles. The molecule has 4 nitrogen and oxygen atoms in total. The van der Waals surface area contributed by atoms with Crippen molar-refractivity contribution in [2.75, 3.05) is 6.61 Å². The summed E-state index contributed by atoms with van der Waals surface area (Å²) in [4.78, 5) is 17.7. The molecule has 0 unspecified atom stereocenters. The van der Waals surface area contributed by atoms with E-state index in [1.807, 2.05) is 30.3 Å². The fraction of sp³-hybridized carbons (Fsp3) is 0.333. The van der Waals surface area contributed by atoms with E-state index in [2.05, 4.69) is 23.4 Å². The van der Waals surface area contributed by atoms with E-state index in [1.165, 1.54) is 11.3 Å². The molecule has 0 saturated carbocycles. The number of unbranched alkanes of at least 4 members (excludes halogenated alkanes) is 1. The van der Waals surface area contributed by atoms with Gasteiger partial charge in [0, 0.05) is 17.1 Å². The summed E-state index contributed by atoms with van der Waals surface area (Å²) in [5.74, 6) is 0.523. The number of halogens is 1. The number of aromatic nitrogens is 1. The van der Waals surface area contributed by atoms with Crippen molar-refractivity contribution in [3.63, 3.8) is 0 Å². The Hall–Kier alpha value is -2.11. The van der Waals surface area contributed by atoms with Gasteiger partial charge in [0.2, 0.25) is 0 Å². The summed E-state index contributed by atoms with van der Waals surface area (Å²) in [6.45, 7) is 5.72. The molecule has 3 rings (SSSR count). The fourth-order valence-electron chi connectivity index (χ4n) is 2.75. The van der Waals surface area contributed by atoms with Crippen LogP contribution in [-0.4, -0.2) is 17.1 Å². The molecule has 0 bridgehead atoms. The lowest BCUT2D eigenvalue weighted by Crippen LogP contribution is -2.16. The first kappa shape index (κ1) is 19.6. The molecule has 0 aliphatic rings. The van der Waals surface area contributed by atoms with Gasteiger partial charge in [0.25, 0.3) is 5.91 Å². The molecule has 1 aromatic heterocycles. The molecule has 1 amide bonds. The first-order valence-corrected chi connectivity index (χ1v) is 10.4. The van der Waals surface area contributed by atoms with Crippen molar-refractivity contribution in [2.24, 2.45) is 4.99 Å². The van der Waals surface area contributed by atoms with Gasteiger partial charge in [0.05, 0.1) is 16.8 Å². The minimum atomic E-state index is -0.252. The quantitative estimate of drug-likeness (QED) is 0.476. The minimum absolute atomic E-state index is 0.252. The van der Waals surface area contributed by atoms with E-state index in [4.69, 9.17) is 16.3 Å². The Morgan fingerprint density at radius 1 is 1.15 bits per heavy atom. The number of thiazole rings is 1. The third kappa shape index (κ3) is 4.79. The largest absolute Gasteiger partial charge is 0.494 e. The third-order valence-corrected chi connectivity index (χ3v) is 5.43. The zero-order valence-electron chi connectivity index (χ0n) is 15.6. The van der Waals surface area contributed by atoms with Crippen molar-refractivity contribution in [1.29, 1.82) is 0 Å². The summed E-state index contributed by atoms with van der Waals surface area (Å²) >= 11 is 7.59. The number of carbonyl (C=O) groups excluding carboxylic acids is 1. The molecule has 0 atom stereocenters. The lowest BCUT2D eigenvalue weighted by Gasteiger charge is -2.05. The standard InChI is InChI=1S/C21H23ClN2O2S/c1-3-5-13-26-17-9-6-15(7-10-17)20(25)23-21-24(12-4-2)18-11-8-16(22)14-19(18)27-21/h6-11,14H,3-5,12-13H2,1-2H3. The number of aryl methyl sites for hydroxylation is 1. The predicted octanol–water partition coefficient (Wildman–Crippen LogP) is 5.69. The molecule has 0 aliphatic carbocycles. The Morgan fingerprint density at radius 2 is 1.93 bits per heavy atom. The first-order chi connectivity index (χ1) is 13.1. The lowest BCUT2D eigenvalue weighted by molar-refractivity contribution is 0.0998. The van der Waals surface area contributed by atoms with Crippen LogP contribution >= 0.6 is 22.9 Å². The van der Waals surface area contributed by atoms with Crippen molar-refractivity contribution in [1.82, 2.24) is 4.57 Å². The molecule has 0 saturated heterocycles. The Bertz CT molecular complexity index is 990. The second-order valence-corrected chi connectivity index (χ2v) is 7.74. The van der Waals surface area contributed by atoms with E-state index in [0.29, 0.717) is 22.0 Å². The number of carbonyl (C=O) groups is 1. The van der Waals surface area contributed by atoms with Crippen LogP contribution in [0.2, 0.25) is 5.02 Å². The highest BCUT2D eigenvalue weighted by atomic mass is 35.5.